The number of amides is 1. The van der Waals surface area contributed by atoms with Crippen LogP contribution < -0.4 is 15.5 Å². The van der Waals surface area contributed by atoms with Gasteiger partial charge < -0.3 is 15.5 Å². The van der Waals surface area contributed by atoms with Crippen molar-refractivity contribution >= 4 is 11.6 Å². The highest BCUT2D eigenvalue weighted by molar-refractivity contribution is 5.98. The SMILES string of the molecule is CNC(=O)c1ccc2c3c1CCN3C(C)CNC2. The average molecular weight is 245 g/mol. The van der Waals surface area contributed by atoms with Gasteiger partial charge in [-0.1, -0.05) is 6.07 Å². The van der Waals surface area contributed by atoms with Crippen LogP contribution in [-0.4, -0.2) is 32.1 Å². The van der Waals surface area contributed by atoms with E-state index < -0.39 is 0 Å². The molecule has 1 amide bonds. The molecule has 0 aliphatic carbocycles. The molecule has 0 aromatic heterocycles. The van der Waals surface area contributed by atoms with Crippen molar-refractivity contribution in [2.75, 3.05) is 25.0 Å². The summed E-state index contributed by atoms with van der Waals surface area (Å²) < 4.78 is 0. The molecule has 4 nitrogen and oxygen atoms in total. The van der Waals surface area contributed by atoms with Gasteiger partial charge in [0.25, 0.3) is 5.91 Å². The Kier molecular flexibility index (Phi) is 2.74. The van der Waals surface area contributed by atoms with Gasteiger partial charge in [0.1, 0.15) is 0 Å². The Hall–Kier alpha value is -1.55. The highest BCUT2D eigenvalue weighted by Gasteiger charge is 2.31. The largest absolute Gasteiger partial charge is 0.367 e. The first-order valence-electron chi connectivity index (χ1n) is 6.56. The second kappa shape index (κ2) is 4.28. The monoisotopic (exact) mass is 245 g/mol. The van der Waals surface area contributed by atoms with Gasteiger partial charge in [0.2, 0.25) is 0 Å². The summed E-state index contributed by atoms with van der Waals surface area (Å²) in [4.78, 5) is 14.4. The molecule has 4 heteroatoms. The lowest BCUT2D eigenvalue weighted by Gasteiger charge is -2.26. The van der Waals surface area contributed by atoms with E-state index in [1.165, 1.54) is 16.8 Å². The minimum Gasteiger partial charge on any atom is -0.367 e. The molecule has 0 saturated carbocycles. The Bertz CT molecular complexity index is 498. The fourth-order valence-electron chi connectivity index (χ4n) is 3.10. The average Bonchev–Trinajstić information content (AvgIpc) is 2.75. The highest BCUT2D eigenvalue weighted by Crippen LogP contribution is 2.36. The van der Waals surface area contributed by atoms with Crippen molar-refractivity contribution in [3.05, 3.63) is 28.8 Å². The zero-order valence-corrected chi connectivity index (χ0v) is 10.9. The van der Waals surface area contributed by atoms with E-state index in [4.69, 9.17) is 0 Å². The van der Waals surface area contributed by atoms with Gasteiger partial charge in [-0.3, -0.25) is 4.79 Å². The first kappa shape index (κ1) is 11.5. The first-order valence-corrected chi connectivity index (χ1v) is 6.56. The molecule has 18 heavy (non-hydrogen) atoms. The van der Waals surface area contributed by atoms with Crippen molar-refractivity contribution in [2.24, 2.45) is 0 Å². The molecular weight excluding hydrogens is 226 g/mol. The van der Waals surface area contributed by atoms with Crippen molar-refractivity contribution in [3.8, 4) is 0 Å². The summed E-state index contributed by atoms with van der Waals surface area (Å²) in [7, 11) is 1.69. The Morgan fingerprint density at radius 3 is 3.11 bits per heavy atom. The van der Waals surface area contributed by atoms with Crippen molar-refractivity contribution in [1.29, 1.82) is 0 Å². The van der Waals surface area contributed by atoms with E-state index in [-0.39, 0.29) is 5.91 Å². The first-order chi connectivity index (χ1) is 8.72. The molecule has 0 saturated heterocycles. The van der Waals surface area contributed by atoms with Crippen LogP contribution >= 0.6 is 0 Å². The summed E-state index contributed by atoms with van der Waals surface area (Å²) in [5.41, 5.74) is 4.68. The third-order valence-electron chi connectivity index (χ3n) is 4.02. The van der Waals surface area contributed by atoms with Crippen LogP contribution in [0, 0.1) is 0 Å². The number of hydrogen-bond donors (Lipinski definition) is 2. The van der Waals surface area contributed by atoms with Crippen LogP contribution in [0.1, 0.15) is 28.4 Å². The van der Waals surface area contributed by atoms with Gasteiger partial charge in [0, 0.05) is 44.0 Å². The van der Waals surface area contributed by atoms with Crippen LogP contribution in [0.25, 0.3) is 0 Å². The van der Waals surface area contributed by atoms with Crippen molar-refractivity contribution < 1.29 is 4.79 Å². The zero-order chi connectivity index (χ0) is 12.7. The van der Waals surface area contributed by atoms with E-state index in [1.54, 1.807) is 7.05 Å². The van der Waals surface area contributed by atoms with Gasteiger partial charge in [-0.2, -0.15) is 0 Å². The number of carbonyl (C=O) groups excluding carboxylic acids is 1. The highest BCUT2D eigenvalue weighted by atomic mass is 16.1. The lowest BCUT2D eigenvalue weighted by molar-refractivity contribution is 0.0962. The molecule has 0 radical (unpaired) electrons. The van der Waals surface area contributed by atoms with Crippen molar-refractivity contribution in [1.82, 2.24) is 10.6 Å². The number of nitrogens with one attached hydrogen (secondary N) is 2. The molecular formula is C14H19N3O. The molecule has 0 bridgehead atoms. The molecule has 2 N–H and O–H groups in total. The van der Waals surface area contributed by atoms with E-state index in [1.807, 2.05) is 6.07 Å². The maximum Gasteiger partial charge on any atom is 0.251 e. The molecule has 3 rings (SSSR count). The number of hydrogen-bond acceptors (Lipinski definition) is 3. The van der Waals surface area contributed by atoms with Crippen molar-refractivity contribution in [3.63, 3.8) is 0 Å². The molecule has 2 aliphatic heterocycles. The van der Waals surface area contributed by atoms with Gasteiger partial charge in [0.15, 0.2) is 0 Å². The molecule has 1 aromatic rings. The van der Waals surface area contributed by atoms with Crippen molar-refractivity contribution in [2.45, 2.75) is 25.9 Å². The van der Waals surface area contributed by atoms with Crippen LogP contribution in [0.4, 0.5) is 5.69 Å². The van der Waals surface area contributed by atoms with E-state index in [0.717, 1.165) is 31.6 Å². The third-order valence-corrected chi connectivity index (χ3v) is 4.02. The van der Waals surface area contributed by atoms with Gasteiger partial charge in [0.05, 0.1) is 0 Å². The van der Waals surface area contributed by atoms with Crippen LogP contribution in [0.5, 0.6) is 0 Å². The Morgan fingerprint density at radius 1 is 1.50 bits per heavy atom. The van der Waals surface area contributed by atoms with Gasteiger partial charge >= 0.3 is 0 Å². The van der Waals surface area contributed by atoms with E-state index in [2.05, 4.69) is 28.5 Å². The molecule has 0 fully saturated rings. The topological polar surface area (TPSA) is 44.4 Å². The Morgan fingerprint density at radius 2 is 2.33 bits per heavy atom. The fraction of sp³-hybridized carbons (Fsp3) is 0.500. The maximum absolute atomic E-state index is 11.9. The quantitative estimate of drug-likeness (QED) is 0.772. The summed E-state index contributed by atoms with van der Waals surface area (Å²) in [6.45, 7) is 5.17. The smallest absolute Gasteiger partial charge is 0.251 e. The minimum absolute atomic E-state index is 0.0273. The van der Waals surface area contributed by atoms with Crippen LogP contribution in [-0.2, 0) is 13.0 Å². The second-order valence-electron chi connectivity index (χ2n) is 5.10. The van der Waals surface area contributed by atoms with Gasteiger partial charge in [-0.15, -0.1) is 0 Å². The summed E-state index contributed by atoms with van der Waals surface area (Å²) in [5, 5.41) is 6.20. The Balaban J connectivity index is 2.14. The number of carbonyl (C=O) groups is 1. The molecule has 96 valence electrons. The lowest BCUT2D eigenvalue weighted by Crippen LogP contribution is -2.36. The summed E-state index contributed by atoms with van der Waals surface area (Å²) >= 11 is 0. The molecule has 2 heterocycles. The number of benzene rings is 1. The molecule has 1 unspecified atom stereocenters. The van der Waals surface area contributed by atoms with E-state index in [9.17, 15) is 4.79 Å². The molecule has 2 aliphatic rings. The summed E-state index contributed by atoms with van der Waals surface area (Å²) in [6.07, 6.45) is 0.982. The van der Waals surface area contributed by atoms with Crippen LogP contribution in [0.15, 0.2) is 12.1 Å². The van der Waals surface area contributed by atoms with Crippen LogP contribution in [0.2, 0.25) is 0 Å². The number of anilines is 1. The summed E-state index contributed by atoms with van der Waals surface area (Å²) in [5.74, 6) is 0.0273. The Labute approximate surface area is 107 Å². The zero-order valence-electron chi connectivity index (χ0n) is 10.9. The molecule has 1 atom stereocenters. The normalized spacial score (nSPS) is 21.4. The second-order valence-corrected chi connectivity index (χ2v) is 5.10. The van der Waals surface area contributed by atoms with Gasteiger partial charge in [-0.25, -0.2) is 0 Å². The predicted octanol–water partition coefficient (Wildman–Crippen LogP) is 0.900. The number of rotatable bonds is 1. The van der Waals surface area contributed by atoms with Gasteiger partial charge in [-0.05, 0) is 30.5 Å². The minimum atomic E-state index is 0.0273. The molecule has 1 aromatic carbocycles. The standard InChI is InChI=1S/C14H19N3O/c1-9-7-16-8-10-3-4-12(14(18)15-2)11-5-6-17(9)13(10)11/h3-4,9,16H,5-8H2,1-2H3,(H,15,18). The maximum atomic E-state index is 11.9. The number of nitrogens with zero attached hydrogens (tertiary/aromatic N) is 1. The lowest BCUT2D eigenvalue weighted by atomic mass is 10.00. The summed E-state index contributed by atoms with van der Waals surface area (Å²) in [6, 6.07) is 4.55. The third kappa shape index (κ3) is 1.60. The predicted molar refractivity (Wildman–Crippen MR) is 72.1 cm³/mol. The fourth-order valence-corrected chi connectivity index (χ4v) is 3.10. The molecule has 0 spiro atoms. The van der Waals surface area contributed by atoms with Crippen LogP contribution in [0.3, 0.4) is 0 Å². The van der Waals surface area contributed by atoms with E-state index >= 15 is 0 Å². The van der Waals surface area contributed by atoms with E-state index in [0.29, 0.717) is 6.04 Å².